The molecular weight excluding hydrogens is 316 g/mol. The number of ether oxygens (including phenoxy) is 1. The molecule has 25 heavy (non-hydrogen) atoms. The Kier molecular flexibility index (Phi) is 5.70. The van der Waals surface area contributed by atoms with E-state index in [4.69, 9.17) is 4.74 Å². The molecule has 0 aromatic rings. The SMILES string of the molecule is CC(=CC(=O)[O-])CC[C@@H]1[C@@]2(C)CCCC(C)(C)[C@@H]2CC[C@@]1(C)OC=O. The summed E-state index contributed by atoms with van der Waals surface area (Å²) in [7, 11) is 0. The predicted molar refractivity (Wildman–Crippen MR) is 95.5 cm³/mol. The molecule has 2 fully saturated rings. The van der Waals surface area contributed by atoms with Crippen LogP contribution in [0.2, 0.25) is 0 Å². The molecule has 4 atom stereocenters. The number of aliphatic carboxylic acids is 1. The van der Waals surface area contributed by atoms with Crippen LogP contribution in [0.4, 0.5) is 0 Å². The third-order valence-electron chi connectivity index (χ3n) is 7.25. The van der Waals surface area contributed by atoms with E-state index in [2.05, 4.69) is 27.7 Å². The van der Waals surface area contributed by atoms with Gasteiger partial charge in [-0.25, -0.2) is 0 Å². The van der Waals surface area contributed by atoms with Crippen LogP contribution in [0.15, 0.2) is 11.6 Å². The van der Waals surface area contributed by atoms with Crippen molar-refractivity contribution in [3.05, 3.63) is 11.6 Å². The molecule has 0 aromatic heterocycles. The molecule has 0 aliphatic heterocycles. The molecule has 0 radical (unpaired) electrons. The van der Waals surface area contributed by atoms with Gasteiger partial charge in [-0.1, -0.05) is 32.8 Å². The fourth-order valence-corrected chi connectivity index (χ4v) is 6.14. The number of rotatable bonds is 6. The molecule has 0 heterocycles. The summed E-state index contributed by atoms with van der Waals surface area (Å²) in [5.74, 6) is -0.308. The number of allylic oxidation sites excluding steroid dienone is 1. The molecular formula is C21H33O4-. The first kappa shape index (κ1) is 20.0. The summed E-state index contributed by atoms with van der Waals surface area (Å²) in [6.45, 7) is 11.6. The minimum absolute atomic E-state index is 0.111. The lowest BCUT2D eigenvalue weighted by atomic mass is 9.45. The van der Waals surface area contributed by atoms with Crippen molar-refractivity contribution in [1.82, 2.24) is 0 Å². The van der Waals surface area contributed by atoms with Gasteiger partial charge in [-0.2, -0.15) is 0 Å². The van der Waals surface area contributed by atoms with Crippen LogP contribution in [-0.4, -0.2) is 18.0 Å². The van der Waals surface area contributed by atoms with Crippen molar-refractivity contribution in [2.24, 2.45) is 22.7 Å². The first-order valence-corrected chi connectivity index (χ1v) is 9.55. The lowest BCUT2D eigenvalue weighted by Gasteiger charge is -2.61. The zero-order valence-corrected chi connectivity index (χ0v) is 16.4. The van der Waals surface area contributed by atoms with E-state index in [1.165, 1.54) is 18.9 Å². The summed E-state index contributed by atoms with van der Waals surface area (Å²) in [4.78, 5) is 22.0. The molecule has 2 aliphatic carbocycles. The van der Waals surface area contributed by atoms with Crippen LogP contribution in [-0.2, 0) is 14.3 Å². The van der Waals surface area contributed by atoms with Gasteiger partial charge in [0.25, 0.3) is 6.47 Å². The second-order valence-corrected chi connectivity index (χ2v) is 9.37. The average Bonchev–Trinajstić information content (AvgIpc) is 2.44. The quantitative estimate of drug-likeness (QED) is 0.542. The van der Waals surface area contributed by atoms with Crippen LogP contribution in [0.3, 0.4) is 0 Å². The highest BCUT2D eigenvalue weighted by Crippen LogP contribution is 2.63. The number of carbonyl (C=O) groups is 2. The van der Waals surface area contributed by atoms with Crippen LogP contribution in [0.5, 0.6) is 0 Å². The van der Waals surface area contributed by atoms with Gasteiger partial charge in [-0.05, 0) is 75.2 Å². The van der Waals surface area contributed by atoms with Gasteiger partial charge in [0.05, 0.1) is 5.97 Å². The summed E-state index contributed by atoms with van der Waals surface area (Å²) >= 11 is 0. The highest BCUT2D eigenvalue weighted by molar-refractivity contribution is 5.78. The minimum atomic E-state index is -1.14. The second-order valence-electron chi connectivity index (χ2n) is 9.37. The highest BCUT2D eigenvalue weighted by Gasteiger charge is 2.58. The Morgan fingerprint density at radius 3 is 2.48 bits per heavy atom. The molecule has 0 spiro atoms. The molecule has 0 saturated heterocycles. The molecule has 2 aliphatic rings. The van der Waals surface area contributed by atoms with Crippen LogP contribution >= 0.6 is 0 Å². The van der Waals surface area contributed by atoms with Crippen molar-refractivity contribution in [3.8, 4) is 0 Å². The molecule has 0 bridgehead atoms. The van der Waals surface area contributed by atoms with Crippen LogP contribution < -0.4 is 5.11 Å². The van der Waals surface area contributed by atoms with Gasteiger partial charge in [0, 0.05) is 5.92 Å². The Bertz CT molecular complexity index is 550. The van der Waals surface area contributed by atoms with E-state index in [1.807, 2.05) is 6.92 Å². The Hall–Kier alpha value is -1.32. The van der Waals surface area contributed by atoms with Crippen molar-refractivity contribution in [1.29, 1.82) is 0 Å². The van der Waals surface area contributed by atoms with Gasteiger partial charge in [0.15, 0.2) is 0 Å². The number of hydrogen-bond donors (Lipinski definition) is 0. The fraction of sp³-hybridized carbons (Fsp3) is 0.810. The summed E-state index contributed by atoms with van der Waals surface area (Å²) in [5.41, 5.74) is 0.750. The molecule has 0 N–H and O–H groups in total. The first-order chi connectivity index (χ1) is 11.5. The van der Waals surface area contributed by atoms with E-state index in [0.717, 1.165) is 31.3 Å². The molecule has 0 aromatic carbocycles. The highest BCUT2D eigenvalue weighted by atomic mass is 16.5. The van der Waals surface area contributed by atoms with Gasteiger partial charge >= 0.3 is 0 Å². The lowest BCUT2D eigenvalue weighted by Crippen LogP contribution is -2.58. The summed E-state index contributed by atoms with van der Waals surface area (Å²) in [6.07, 6.45) is 8.26. The normalized spacial score (nSPS) is 37.9. The Morgan fingerprint density at radius 1 is 1.20 bits per heavy atom. The van der Waals surface area contributed by atoms with Gasteiger partial charge in [0.1, 0.15) is 5.60 Å². The molecule has 2 saturated carbocycles. The smallest absolute Gasteiger partial charge is 0.293 e. The molecule has 2 rings (SSSR count). The molecule has 4 nitrogen and oxygen atoms in total. The lowest BCUT2D eigenvalue weighted by molar-refractivity contribution is -0.297. The molecule has 0 amide bonds. The van der Waals surface area contributed by atoms with Crippen molar-refractivity contribution in [2.75, 3.05) is 0 Å². The average molecular weight is 349 g/mol. The van der Waals surface area contributed by atoms with Gasteiger partial charge < -0.3 is 14.6 Å². The number of carboxylic acids is 1. The number of carbonyl (C=O) groups excluding carboxylic acids is 2. The summed E-state index contributed by atoms with van der Waals surface area (Å²) in [5, 5.41) is 10.8. The summed E-state index contributed by atoms with van der Waals surface area (Å²) in [6, 6.07) is 0. The standard InChI is InChI=1S/C21H34O4/c1-15(13-18(23)24)7-8-17-20(4)11-6-10-19(2,3)16(20)9-12-21(17,5)25-14-22/h13-14,16-17H,6-12H2,1-5H3,(H,23,24)/p-1/t16-,17+,20-,21+/m0/s1. The van der Waals surface area contributed by atoms with E-state index in [1.54, 1.807) is 0 Å². The maximum absolute atomic E-state index is 11.2. The van der Waals surface area contributed by atoms with Crippen molar-refractivity contribution < 1.29 is 19.4 Å². The largest absolute Gasteiger partial charge is 0.545 e. The zero-order valence-electron chi connectivity index (χ0n) is 16.4. The Morgan fingerprint density at radius 2 is 1.88 bits per heavy atom. The number of fused-ring (bicyclic) bond motifs is 1. The zero-order chi connectivity index (χ0) is 18.9. The van der Waals surface area contributed by atoms with Gasteiger partial charge in [-0.3, -0.25) is 4.79 Å². The van der Waals surface area contributed by atoms with E-state index >= 15 is 0 Å². The third-order valence-corrected chi connectivity index (χ3v) is 7.25. The Balaban J connectivity index is 2.32. The van der Waals surface area contributed by atoms with Gasteiger partial charge in [0.2, 0.25) is 0 Å². The monoisotopic (exact) mass is 349 g/mol. The van der Waals surface area contributed by atoms with Crippen molar-refractivity contribution in [2.45, 2.75) is 85.2 Å². The van der Waals surface area contributed by atoms with Crippen LogP contribution in [0.1, 0.15) is 79.6 Å². The van der Waals surface area contributed by atoms with Gasteiger partial charge in [-0.15, -0.1) is 0 Å². The third kappa shape index (κ3) is 3.93. The number of hydrogen-bond acceptors (Lipinski definition) is 4. The fourth-order valence-electron chi connectivity index (χ4n) is 6.14. The van der Waals surface area contributed by atoms with E-state index < -0.39 is 11.6 Å². The summed E-state index contributed by atoms with van der Waals surface area (Å²) < 4.78 is 5.65. The molecule has 4 heteroatoms. The maximum atomic E-state index is 11.2. The van der Waals surface area contributed by atoms with E-state index in [0.29, 0.717) is 24.2 Å². The predicted octanol–water partition coefficient (Wildman–Crippen LogP) is 3.64. The molecule has 0 unspecified atom stereocenters. The topological polar surface area (TPSA) is 66.4 Å². The van der Waals surface area contributed by atoms with Crippen LogP contribution in [0.25, 0.3) is 0 Å². The maximum Gasteiger partial charge on any atom is 0.293 e. The molecule has 142 valence electrons. The first-order valence-electron chi connectivity index (χ1n) is 9.55. The van der Waals surface area contributed by atoms with E-state index in [9.17, 15) is 14.7 Å². The van der Waals surface area contributed by atoms with Crippen molar-refractivity contribution >= 4 is 12.4 Å². The number of carboxylic acid groups (broad SMARTS) is 1. The van der Waals surface area contributed by atoms with Crippen LogP contribution in [0, 0.1) is 22.7 Å². The van der Waals surface area contributed by atoms with E-state index in [-0.39, 0.29) is 11.3 Å². The Labute approximate surface area is 152 Å². The van der Waals surface area contributed by atoms with Crippen molar-refractivity contribution in [3.63, 3.8) is 0 Å². The minimum Gasteiger partial charge on any atom is -0.545 e. The second kappa shape index (κ2) is 7.13.